The first-order valence-corrected chi connectivity index (χ1v) is 7.88. The van der Waals surface area contributed by atoms with E-state index in [1.165, 1.54) is 24.8 Å². The van der Waals surface area contributed by atoms with Crippen LogP contribution in [-0.4, -0.2) is 30.8 Å². The van der Waals surface area contributed by atoms with Crippen LogP contribution in [0.5, 0.6) is 0 Å². The molecule has 20 heavy (non-hydrogen) atoms. The summed E-state index contributed by atoms with van der Waals surface area (Å²) in [7, 11) is 0. The van der Waals surface area contributed by atoms with E-state index in [0.717, 1.165) is 38.3 Å². The molecule has 1 aromatic carbocycles. The topological polar surface area (TPSA) is 20.3 Å². The van der Waals surface area contributed by atoms with Crippen molar-refractivity contribution in [2.75, 3.05) is 19.6 Å². The van der Waals surface area contributed by atoms with E-state index >= 15 is 0 Å². The predicted octanol–water partition coefficient (Wildman–Crippen LogP) is 3.56. The van der Waals surface area contributed by atoms with Gasteiger partial charge >= 0.3 is 0 Å². The highest BCUT2D eigenvalue weighted by Crippen LogP contribution is 2.25. The molecule has 1 saturated heterocycles. The summed E-state index contributed by atoms with van der Waals surface area (Å²) >= 11 is 0. The lowest BCUT2D eigenvalue weighted by atomic mass is 9.86. The summed E-state index contributed by atoms with van der Waals surface area (Å²) in [5.41, 5.74) is 1.30. The van der Waals surface area contributed by atoms with E-state index in [9.17, 15) is 4.79 Å². The maximum Gasteiger partial charge on any atom is 0.127 e. The molecule has 1 fully saturated rings. The molecule has 110 valence electrons. The Morgan fingerprint density at radius 2 is 1.90 bits per heavy atom. The van der Waals surface area contributed by atoms with Gasteiger partial charge in [0.15, 0.2) is 0 Å². The lowest BCUT2D eigenvalue weighted by molar-refractivity contribution is -0.116. The number of aldehydes is 1. The predicted molar refractivity (Wildman–Crippen MR) is 83.8 cm³/mol. The zero-order chi connectivity index (χ0) is 14.4. The number of hydrogen-bond acceptors (Lipinski definition) is 2. The highest BCUT2D eigenvalue weighted by Gasteiger charge is 2.27. The normalized spacial score (nSPS) is 20.5. The Morgan fingerprint density at radius 3 is 2.45 bits per heavy atom. The average molecular weight is 273 g/mol. The number of hydrogen-bond donors (Lipinski definition) is 0. The van der Waals surface area contributed by atoms with Crippen molar-refractivity contribution in [3.63, 3.8) is 0 Å². The number of piperidine rings is 1. The largest absolute Gasteiger partial charge is 0.303 e. The number of likely N-dealkylation sites (tertiary alicyclic amines) is 1. The van der Waals surface area contributed by atoms with Crippen molar-refractivity contribution in [3.8, 4) is 0 Å². The number of rotatable bonds is 6. The molecule has 2 nitrogen and oxygen atoms in total. The minimum atomic E-state index is -0.160. The van der Waals surface area contributed by atoms with Gasteiger partial charge in [-0.25, -0.2) is 0 Å². The summed E-state index contributed by atoms with van der Waals surface area (Å²) in [6.07, 6.45) is 5.79. The summed E-state index contributed by atoms with van der Waals surface area (Å²) in [6.45, 7) is 7.39. The standard InChI is InChI=1S/C18H27NO/c1-3-18(2,15-20)14-19-11-9-17(10-12-19)13-16-7-5-4-6-8-16/h4-8,15,17H,3,9-14H2,1-2H3. The Morgan fingerprint density at radius 1 is 1.25 bits per heavy atom. The summed E-state index contributed by atoms with van der Waals surface area (Å²) < 4.78 is 0. The third kappa shape index (κ3) is 4.17. The van der Waals surface area contributed by atoms with E-state index in [1.54, 1.807) is 0 Å². The Balaban J connectivity index is 1.79. The average Bonchev–Trinajstić information content (AvgIpc) is 2.50. The van der Waals surface area contributed by atoms with Gasteiger partial charge in [0.05, 0.1) is 0 Å². The van der Waals surface area contributed by atoms with Crippen LogP contribution >= 0.6 is 0 Å². The lowest BCUT2D eigenvalue weighted by Gasteiger charge is -2.36. The van der Waals surface area contributed by atoms with Gasteiger partial charge in [0.1, 0.15) is 6.29 Å². The molecule has 0 aliphatic carbocycles. The van der Waals surface area contributed by atoms with Gasteiger partial charge in [-0.2, -0.15) is 0 Å². The van der Waals surface area contributed by atoms with Gasteiger partial charge in [0.25, 0.3) is 0 Å². The van der Waals surface area contributed by atoms with Crippen LogP contribution in [0.15, 0.2) is 30.3 Å². The quantitative estimate of drug-likeness (QED) is 0.739. The zero-order valence-electron chi connectivity index (χ0n) is 12.8. The molecule has 1 heterocycles. The first-order chi connectivity index (χ1) is 9.65. The first-order valence-electron chi connectivity index (χ1n) is 7.88. The minimum absolute atomic E-state index is 0.160. The molecule has 1 aromatic rings. The molecule has 0 radical (unpaired) electrons. The maximum absolute atomic E-state index is 11.2. The number of nitrogens with zero attached hydrogens (tertiary/aromatic N) is 1. The lowest BCUT2D eigenvalue weighted by Crippen LogP contribution is -2.41. The van der Waals surface area contributed by atoms with Gasteiger partial charge in [-0.1, -0.05) is 44.2 Å². The van der Waals surface area contributed by atoms with Gasteiger partial charge in [-0.3, -0.25) is 0 Å². The molecule has 0 N–H and O–H groups in total. The van der Waals surface area contributed by atoms with Crippen molar-refractivity contribution in [1.82, 2.24) is 4.90 Å². The Hall–Kier alpha value is -1.15. The molecule has 2 heteroatoms. The number of benzene rings is 1. The third-order valence-corrected chi connectivity index (χ3v) is 4.75. The third-order valence-electron chi connectivity index (χ3n) is 4.75. The Labute approximate surface area is 123 Å². The maximum atomic E-state index is 11.2. The van der Waals surface area contributed by atoms with Crippen molar-refractivity contribution in [1.29, 1.82) is 0 Å². The van der Waals surface area contributed by atoms with Crippen molar-refractivity contribution >= 4 is 6.29 Å². The van der Waals surface area contributed by atoms with Crippen LogP contribution < -0.4 is 0 Å². The van der Waals surface area contributed by atoms with Crippen molar-refractivity contribution in [2.45, 2.75) is 39.5 Å². The molecule has 0 spiro atoms. The van der Waals surface area contributed by atoms with Gasteiger partial charge in [0.2, 0.25) is 0 Å². The zero-order valence-corrected chi connectivity index (χ0v) is 12.8. The van der Waals surface area contributed by atoms with E-state index in [4.69, 9.17) is 0 Å². The Kier molecular flexibility index (Phi) is 5.36. The first kappa shape index (κ1) is 15.2. The van der Waals surface area contributed by atoms with Crippen LogP contribution in [0.4, 0.5) is 0 Å². The second-order valence-corrected chi connectivity index (χ2v) is 6.53. The fraction of sp³-hybridized carbons (Fsp3) is 0.611. The molecule has 0 bridgehead atoms. The van der Waals surface area contributed by atoms with Crippen molar-refractivity contribution in [3.05, 3.63) is 35.9 Å². The van der Waals surface area contributed by atoms with Crippen LogP contribution in [0.1, 0.15) is 38.7 Å². The molecule has 1 aliphatic rings. The smallest absolute Gasteiger partial charge is 0.127 e. The Bertz CT molecular complexity index is 409. The summed E-state index contributed by atoms with van der Waals surface area (Å²) in [6, 6.07) is 10.8. The van der Waals surface area contributed by atoms with Gasteiger partial charge in [-0.05, 0) is 50.3 Å². The number of carbonyl (C=O) groups is 1. The number of carbonyl (C=O) groups excluding carboxylic acids is 1. The molecule has 0 saturated carbocycles. The van der Waals surface area contributed by atoms with Gasteiger partial charge in [0, 0.05) is 12.0 Å². The van der Waals surface area contributed by atoms with E-state index in [2.05, 4.69) is 49.1 Å². The highest BCUT2D eigenvalue weighted by atomic mass is 16.1. The molecular weight excluding hydrogens is 246 g/mol. The summed E-state index contributed by atoms with van der Waals surface area (Å²) in [5.74, 6) is 0.803. The molecule has 2 rings (SSSR count). The van der Waals surface area contributed by atoms with Gasteiger partial charge < -0.3 is 9.69 Å². The fourth-order valence-corrected chi connectivity index (χ4v) is 3.04. The fourth-order valence-electron chi connectivity index (χ4n) is 3.04. The van der Waals surface area contributed by atoms with E-state index < -0.39 is 0 Å². The van der Waals surface area contributed by atoms with Gasteiger partial charge in [-0.15, -0.1) is 0 Å². The molecule has 0 aromatic heterocycles. The summed E-state index contributed by atoms with van der Waals surface area (Å²) in [4.78, 5) is 13.7. The molecule has 0 amide bonds. The van der Waals surface area contributed by atoms with Crippen molar-refractivity contribution in [2.24, 2.45) is 11.3 Å². The second kappa shape index (κ2) is 7.03. The van der Waals surface area contributed by atoms with E-state index in [1.807, 2.05) is 0 Å². The van der Waals surface area contributed by atoms with Crippen LogP contribution in [0.2, 0.25) is 0 Å². The molecular formula is C18H27NO. The van der Waals surface area contributed by atoms with Crippen LogP contribution in [-0.2, 0) is 11.2 Å². The van der Waals surface area contributed by atoms with Crippen LogP contribution in [0.3, 0.4) is 0 Å². The van der Waals surface area contributed by atoms with E-state index in [0.29, 0.717) is 0 Å². The second-order valence-electron chi connectivity index (χ2n) is 6.53. The van der Waals surface area contributed by atoms with Crippen molar-refractivity contribution < 1.29 is 4.79 Å². The van der Waals surface area contributed by atoms with E-state index in [-0.39, 0.29) is 5.41 Å². The monoisotopic (exact) mass is 273 g/mol. The molecule has 1 aliphatic heterocycles. The molecule has 1 atom stereocenters. The minimum Gasteiger partial charge on any atom is -0.303 e. The highest BCUT2D eigenvalue weighted by molar-refractivity contribution is 5.58. The summed E-state index contributed by atoms with van der Waals surface area (Å²) in [5, 5.41) is 0. The van der Waals surface area contributed by atoms with Crippen LogP contribution in [0, 0.1) is 11.3 Å². The molecule has 1 unspecified atom stereocenters. The SMILES string of the molecule is CCC(C)(C=O)CN1CCC(Cc2ccccc2)CC1. The van der Waals surface area contributed by atoms with Crippen LogP contribution in [0.25, 0.3) is 0 Å².